The molecule has 2 rings (SSSR count). The smallest absolute Gasteiger partial charge is 0.339 e. The number of hydrogen-bond acceptors (Lipinski definition) is 3. The summed E-state index contributed by atoms with van der Waals surface area (Å²) in [5.74, 6) is -1.60. The summed E-state index contributed by atoms with van der Waals surface area (Å²) >= 11 is 5.86. The summed E-state index contributed by atoms with van der Waals surface area (Å²) in [5.41, 5.74) is 1.04. The average Bonchev–Trinajstić information content (AvgIpc) is 2.41. The standard InChI is InChI=1S/C14H11ClN2O3/c1-8-4-5-9(15)7-11(8)13(18)17-12-10(14(19)20)3-2-6-16-12/h2-7H,1H3,(H,19,20)(H,16,17,18). The molecule has 0 saturated heterocycles. The normalized spacial score (nSPS) is 10.1. The molecule has 0 aliphatic rings. The number of carboxylic acids is 1. The van der Waals surface area contributed by atoms with Crippen LogP contribution >= 0.6 is 11.6 Å². The number of benzene rings is 1. The molecule has 0 saturated carbocycles. The summed E-state index contributed by atoms with van der Waals surface area (Å²) in [4.78, 5) is 27.1. The van der Waals surface area contributed by atoms with Gasteiger partial charge in [0.2, 0.25) is 0 Å². The number of nitrogens with one attached hydrogen (secondary N) is 1. The molecule has 0 atom stereocenters. The number of carbonyl (C=O) groups excluding carboxylic acids is 1. The van der Waals surface area contributed by atoms with Gasteiger partial charge >= 0.3 is 5.97 Å². The van der Waals surface area contributed by atoms with Crippen LogP contribution in [0.25, 0.3) is 0 Å². The van der Waals surface area contributed by atoms with Gasteiger partial charge in [-0.25, -0.2) is 9.78 Å². The minimum absolute atomic E-state index is 0.00405. The van der Waals surface area contributed by atoms with Crippen molar-refractivity contribution >= 4 is 29.3 Å². The summed E-state index contributed by atoms with van der Waals surface area (Å²) in [6, 6.07) is 7.78. The lowest BCUT2D eigenvalue weighted by atomic mass is 10.1. The first-order valence-corrected chi connectivity index (χ1v) is 6.12. The maximum Gasteiger partial charge on any atom is 0.339 e. The molecule has 102 valence electrons. The van der Waals surface area contributed by atoms with E-state index in [4.69, 9.17) is 16.7 Å². The molecule has 2 aromatic rings. The topological polar surface area (TPSA) is 79.3 Å². The Balaban J connectivity index is 2.33. The third-order valence-corrected chi connectivity index (χ3v) is 2.95. The van der Waals surface area contributed by atoms with E-state index in [-0.39, 0.29) is 11.4 Å². The van der Waals surface area contributed by atoms with E-state index in [0.29, 0.717) is 10.6 Å². The van der Waals surface area contributed by atoms with Gasteiger partial charge in [-0.05, 0) is 36.8 Å². The molecule has 6 heteroatoms. The maximum absolute atomic E-state index is 12.2. The number of aromatic nitrogens is 1. The molecule has 0 unspecified atom stereocenters. The molecule has 1 amide bonds. The Morgan fingerprint density at radius 1 is 1.25 bits per heavy atom. The van der Waals surface area contributed by atoms with Crippen molar-refractivity contribution in [2.75, 3.05) is 5.32 Å². The minimum Gasteiger partial charge on any atom is -0.478 e. The highest BCUT2D eigenvalue weighted by molar-refractivity contribution is 6.31. The Bertz CT molecular complexity index is 686. The van der Waals surface area contributed by atoms with Gasteiger partial charge in [0.25, 0.3) is 5.91 Å². The van der Waals surface area contributed by atoms with E-state index >= 15 is 0 Å². The van der Waals surface area contributed by atoms with Gasteiger partial charge < -0.3 is 10.4 Å². The minimum atomic E-state index is -1.16. The zero-order valence-corrected chi connectivity index (χ0v) is 11.3. The molecule has 1 heterocycles. The van der Waals surface area contributed by atoms with E-state index in [0.717, 1.165) is 5.56 Å². The van der Waals surface area contributed by atoms with E-state index in [1.54, 1.807) is 19.1 Å². The van der Waals surface area contributed by atoms with Crippen molar-refractivity contribution in [3.05, 3.63) is 58.2 Å². The second-order valence-electron chi connectivity index (χ2n) is 4.12. The number of carbonyl (C=O) groups is 2. The van der Waals surface area contributed by atoms with Crippen molar-refractivity contribution in [2.45, 2.75) is 6.92 Å². The molecule has 20 heavy (non-hydrogen) atoms. The van der Waals surface area contributed by atoms with Gasteiger partial charge in [-0.3, -0.25) is 4.79 Å². The summed E-state index contributed by atoms with van der Waals surface area (Å²) in [6.45, 7) is 1.77. The van der Waals surface area contributed by atoms with E-state index in [1.165, 1.54) is 24.4 Å². The van der Waals surface area contributed by atoms with Crippen LogP contribution in [-0.2, 0) is 0 Å². The number of rotatable bonds is 3. The van der Waals surface area contributed by atoms with E-state index in [1.807, 2.05) is 0 Å². The number of halogens is 1. The van der Waals surface area contributed by atoms with Crippen LogP contribution in [0.4, 0.5) is 5.82 Å². The molecule has 0 radical (unpaired) electrons. The van der Waals surface area contributed by atoms with Crippen molar-refractivity contribution in [3.63, 3.8) is 0 Å². The first-order valence-electron chi connectivity index (χ1n) is 5.75. The molecule has 0 aliphatic carbocycles. The van der Waals surface area contributed by atoms with Crippen LogP contribution in [0.3, 0.4) is 0 Å². The fraction of sp³-hybridized carbons (Fsp3) is 0.0714. The number of aromatic carboxylic acids is 1. The second-order valence-corrected chi connectivity index (χ2v) is 4.55. The fourth-order valence-electron chi connectivity index (χ4n) is 1.69. The first kappa shape index (κ1) is 14.0. The fourth-order valence-corrected chi connectivity index (χ4v) is 1.86. The lowest BCUT2D eigenvalue weighted by molar-refractivity contribution is 0.0697. The predicted octanol–water partition coefficient (Wildman–Crippen LogP) is 2.99. The Labute approximate surface area is 120 Å². The van der Waals surface area contributed by atoms with Gasteiger partial charge in [-0.2, -0.15) is 0 Å². The van der Waals surface area contributed by atoms with Gasteiger partial charge in [-0.1, -0.05) is 17.7 Å². The Morgan fingerprint density at radius 2 is 2.00 bits per heavy atom. The Hall–Kier alpha value is -2.40. The predicted molar refractivity (Wildman–Crippen MR) is 75.3 cm³/mol. The van der Waals surface area contributed by atoms with Gasteiger partial charge in [0, 0.05) is 16.8 Å². The molecule has 1 aromatic carbocycles. The summed E-state index contributed by atoms with van der Waals surface area (Å²) in [6.07, 6.45) is 1.41. The van der Waals surface area contributed by atoms with Crippen LogP contribution in [0, 0.1) is 6.92 Å². The van der Waals surface area contributed by atoms with Gasteiger partial charge in [0.1, 0.15) is 11.4 Å². The van der Waals surface area contributed by atoms with Crippen LogP contribution in [0.1, 0.15) is 26.3 Å². The lowest BCUT2D eigenvalue weighted by Gasteiger charge is -2.09. The molecule has 5 nitrogen and oxygen atoms in total. The zero-order valence-electron chi connectivity index (χ0n) is 10.6. The third kappa shape index (κ3) is 2.95. The summed E-state index contributed by atoms with van der Waals surface area (Å²) < 4.78 is 0. The molecule has 0 bridgehead atoms. The second kappa shape index (κ2) is 5.71. The van der Waals surface area contributed by atoms with Crippen molar-refractivity contribution in [2.24, 2.45) is 0 Å². The van der Waals surface area contributed by atoms with E-state index < -0.39 is 11.9 Å². The SMILES string of the molecule is Cc1ccc(Cl)cc1C(=O)Nc1ncccc1C(=O)O. The van der Waals surface area contributed by atoms with Crippen LogP contribution < -0.4 is 5.32 Å². The quantitative estimate of drug-likeness (QED) is 0.911. The van der Waals surface area contributed by atoms with Gasteiger partial charge in [0.15, 0.2) is 0 Å². The zero-order chi connectivity index (χ0) is 14.7. The number of nitrogens with zero attached hydrogens (tertiary/aromatic N) is 1. The van der Waals surface area contributed by atoms with Crippen molar-refractivity contribution in [1.82, 2.24) is 4.98 Å². The van der Waals surface area contributed by atoms with Crippen LogP contribution in [0.15, 0.2) is 36.5 Å². The molecule has 0 fully saturated rings. The summed E-state index contributed by atoms with van der Waals surface area (Å²) in [5, 5.41) is 12.0. The Kier molecular flexibility index (Phi) is 4.00. The molecular formula is C14H11ClN2O3. The van der Waals surface area contributed by atoms with Crippen LogP contribution in [-0.4, -0.2) is 22.0 Å². The lowest BCUT2D eigenvalue weighted by Crippen LogP contribution is -2.17. The average molecular weight is 291 g/mol. The van der Waals surface area contributed by atoms with Gasteiger partial charge in [0.05, 0.1) is 0 Å². The largest absolute Gasteiger partial charge is 0.478 e. The highest BCUT2D eigenvalue weighted by atomic mass is 35.5. The highest BCUT2D eigenvalue weighted by Gasteiger charge is 2.15. The molecule has 2 N–H and O–H groups in total. The van der Waals surface area contributed by atoms with Crippen molar-refractivity contribution < 1.29 is 14.7 Å². The monoisotopic (exact) mass is 290 g/mol. The Morgan fingerprint density at radius 3 is 2.70 bits per heavy atom. The number of carboxylic acid groups (broad SMARTS) is 1. The molecule has 1 aromatic heterocycles. The number of amides is 1. The summed E-state index contributed by atoms with van der Waals surface area (Å²) in [7, 11) is 0. The number of anilines is 1. The van der Waals surface area contributed by atoms with Crippen molar-refractivity contribution in [3.8, 4) is 0 Å². The number of hydrogen-bond donors (Lipinski definition) is 2. The molecule has 0 spiro atoms. The van der Waals surface area contributed by atoms with Crippen LogP contribution in [0.5, 0.6) is 0 Å². The van der Waals surface area contributed by atoms with E-state index in [9.17, 15) is 9.59 Å². The first-order chi connectivity index (χ1) is 9.49. The van der Waals surface area contributed by atoms with E-state index in [2.05, 4.69) is 10.3 Å². The van der Waals surface area contributed by atoms with Crippen molar-refractivity contribution in [1.29, 1.82) is 0 Å². The number of aryl methyl sites for hydroxylation is 1. The third-order valence-electron chi connectivity index (χ3n) is 2.71. The van der Waals surface area contributed by atoms with Gasteiger partial charge in [-0.15, -0.1) is 0 Å². The molecule has 0 aliphatic heterocycles. The maximum atomic E-state index is 12.2. The molecular weight excluding hydrogens is 280 g/mol. The number of pyridine rings is 1. The van der Waals surface area contributed by atoms with Crippen LogP contribution in [0.2, 0.25) is 5.02 Å². The highest BCUT2D eigenvalue weighted by Crippen LogP contribution is 2.18.